The number of hydrogen-bond acceptors (Lipinski definition) is 7. The van der Waals surface area contributed by atoms with Crippen LogP contribution in [0.4, 0.5) is 11.9 Å². The molecule has 0 spiro atoms. The number of ether oxygens (including phenoxy) is 1. The van der Waals surface area contributed by atoms with E-state index >= 15 is 0 Å². The van der Waals surface area contributed by atoms with Gasteiger partial charge in [-0.2, -0.15) is 15.0 Å². The van der Waals surface area contributed by atoms with Crippen LogP contribution in [-0.2, 0) is 0 Å². The average molecular weight is 252 g/mol. The molecule has 7 nitrogen and oxygen atoms in total. The lowest BCUT2D eigenvalue weighted by Gasteiger charge is -2.35. The van der Waals surface area contributed by atoms with E-state index in [4.69, 9.17) is 10.5 Å². The summed E-state index contributed by atoms with van der Waals surface area (Å²) in [6.07, 6.45) is 2.20. The average Bonchev–Trinajstić information content (AvgIpc) is 2.38. The molecule has 0 atom stereocenters. The van der Waals surface area contributed by atoms with Crippen molar-refractivity contribution in [2.75, 3.05) is 44.9 Å². The second-order valence-electron chi connectivity index (χ2n) is 4.66. The number of hydrogen-bond donors (Lipinski definition) is 1. The number of piperidine rings is 1. The summed E-state index contributed by atoms with van der Waals surface area (Å²) in [4.78, 5) is 16.7. The Balaban J connectivity index is 2.07. The molecule has 1 saturated heterocycles. The summed E-state index contributed by atoms with van der Waals surface area (Å²) in [6.45, 7) is 1.85. The van der Waals surface area contributed by atoms with Gasteiger partial charge in [0.15, 0.2) is 0 Å². The van der Waals surface area contributed by atoms with Crippen LogP contribution in [0.2, 0.25) is 0 Å². The Kier molecular flexibility index (Phi) is 3.81. The molecule has 0 amide bonds. The van der Waals surface area contributed by atoms with Gasteiger partial charge in [0.05, 0.1) is 7.11 Å². The van der Waals surface area contributed by atoms with Crippen LogP contribution < -0.4 is 15.4 Å². The first kappa shape index (κ1) is 12.8. The minimum atomic E-state index is 0.201. The highest BCUT2D eigenvalue weighted by Crippen LogP contribution is 2.20. The van der Waals surface area contributed by atoms with Crippen molar-refractivity contribution in [1.82, 2.24) is 19.9 Å². The molecule has 0 aliphatic carbocycles. The molecule has 0 aromatic carbocycles. The van der Waals surface area contributed by atoms with Gasteiger partial charge in [0, 0.05) is 19.1 Å². The molecule has 1 aromatic heterocycles. The first-order valence-electron chi connectivity index (χ1n) is 6.07. The molecular formula is C11H20N6O. The molecule has 0 radical (unpaired) electrons. The maximum atomic E-state index is 5.64. The van der Waals surface area contributed by atoms with Crippen LogP contribution in [0.3, 0.4) is 0 Å². The van der Waals surface area contributed by atoms with Crippen LogP contribution in [0.1, 0.15) is 12.8 Å². The summed E-state index contributed by atoms with van der Waals surface area (Å²) in [5.74, 6) is 0.808. The molecule has 1 aromatic rings. The van der Waals surface area contributed by atoms with Crippen LogP contribution in [0, 0.1) is 0 Å². The van der Waals surface area contributed by atoms with Gasteiger partial charge in [-0.05, 0) is 26.9 Å². The molecule has 2 N–H and O–H groups in total. The van der Waals surface area contributed by atoms with Gasteiger partial charge in [0.2, 0.25) is 11.9 Å². The largest absolute Gasteiger partial charge is 0.467 e. The maximum absolute atomic E-state index is 5.64. The van der Waals surface area contributed by atoms with Crippen molar-refractivity contribution < 1.29 is 4.74 Å². The zero-order valence-electron chi connectivity index (χ0n) is 11.1. The Morgan fingerprint density at radius 1 is 1.22 bits per heavy atom. The molecule has 1 fully saturated rings. The fraction of sp³-hybridized carbons (Fsp3) is 0.727. The predicted octanol–water partition coefficient (Wildman–Crippen LogP) is -0.00720. The van der Waals surface area contributed by atoms with Gasteiger partial charge in [-0.3, -0.25) is 0 Å². The van der Waals surface area contributed by atoms with Crippen molar-refractivity contribution in [3.05, 3.63) is 0 Å². The monoisotopic (exact) mass is 252 g/mol. The van der Waals surface area contributed by atoms with Crippen molar-refractivity contribution in [1.29, 1.82) is 0 Å². The van der Waals surface area contributed by atoms with Gasteiger partial charge in [0.1, 0.15) is 0 Å². The molecule has 7 heteroatoms. The molecule has 0 bridgehead atoms. The Morgan fingerprint density at radius 2 is 1.89 bits per heavy atom. The lowest BCUT2D eigenvalue weighted by molar-refractivity contribution is 0.248. The standard InChI is InChI=1S/C11H20N6O/c1-16(2)8-4-6-17(7-5-8)10-13-9(12)14-11(15-10)18-3/h8H,4-7H2,1-3H3,(H2,12,13,14,15). The first-order chi connectivity index (χ1) is 8.60. The van der Waals surface area contributed by atoms with E-state index in [0.29, 0.717) is 12.0 Å². The lowest BCUT2D eigenvalue weighted by Crippen LogP contribution is -2.42. The quantitative estimate of drug-likeness (QED) is 0.810. The molecule has 100 valence electrons. The Hall–Kier alpha value is -1.63. The highest BCUT2D eigenvalue weighted by molar-refractivity contribution is 5.36. The third kappa shape index (κ3) is 2.79. The molecule has 1 aliphatic rings. The fourth-order valence-corrected chi connectivity index (χ4v) is 2.18. The van der Waals surface area contributed by atoms with Crippen molar-refractivity contribution in [2.45, 2.75) is 18.9 Å². The van der Waals surface area contributed by atoms with E-state index in [1.54, 1.807) is 0 Å². The molecule has 2 heterocycles. The van der Waals surface area contributed by atoms with Gasteiger partial charge in [-0.25, -0.2) is 0 Å². The SMILES string of the molecule is COc1nc(N)nc(N2CCC(N(C)C)CC2)n1. The lowest BCUT2D eigenvalue weighted by atomic mass is 10.0. The van der Waals surface area contributed by atoms with Crippen molar-refractivity contribution >= 4 is 11.9 Å². The summed E-state index contributed by atoms with van der Waals surface area (Å²) in [5.41, 5.74) is 5.64. The third-order valence-electron chi connectivity index (χ3n) is 3.28. The first-order valence-corrected chi connectivity index (χ1v) is 6.07. The van der Waals surface area contributed by atoms with E-state index in [2.05, 4.69) is 38.8 Å². The Bertz CT molecular complexity index is 403. The predicted molar refractivity (Wildman–Crippen MR) is 69.7 cm³/mol. The number of anilines is 2. The van der Waals surface area contributed by atoms with Gasteiger partial charge in [-0.1, -0.05) is 0 Å². The zero-order valence-corrected chi connectivity index (χ0v) is 11.1. The molecule has 0 unspecified atom stereocenters. The number of rotatable bonds is 3. The molecule has 0 saturated carbocycles. The smallest absolute Gasteiger partial charge is 0.322 e. The highest BCUT2D eigenvalue weighted by atomic mass is 16.5. The Morgan fingerprint density at radius 3 is 2.44 bits per heavy atom. The van der Waals surface area contributed by atoms with Crippen molar-refractivity contribution in [2.24, 2.45) is 0 Å². The summed E-state index contributed by atoms with van der Waals surface area (Å²) >= 11 is 0. The third-order valence-corrected chi connectivity index (χ3v) is 3.28. The Labute approximate surface area is 107 Å². The molecule has 1 aliphatic heterocycles. The van der Waals surface area contributed by atoms with Gasteiger partial charge < -0.3 is 20.3 Å². The normalized spacial score (nSPS) is 17.2. The zero-order chi connectivity index (χ0) is 13.1. The van der Waals surface area contributed by atoms with Gasteiger partial charge in [0.25, 0.3) is 0 Å². The van der Waals surface area contributed by atoms with E-state index in [-0.39, 0.29) is 12.0 Å². The van der Waals surface area contributed by atoms with E-state index < -0.39 is 0 Å². The van der Waals surface area contributed by atoms with Crippen LogP contribution in [0.15, 0.2) is 0 Å². The van der Waals surface area contributed by atoms with Crippen LogP contribution >= 0.6 is 0 Å². The summed E-state index contributed by atoms with van der Waals surface area (Å²) in [6, 6.07) is 0.898. The van der Waals surface area contributed by atoms with Gasteiger partial charge >= 0.3 is 6.01 Å². The van der Waals surface area contributed by atoms with Crippen molar-refractivity contribution in [3.63, 3.8) is 0 Å². The number of nitrogens with zero attached hydrogens (tertiary/aromatic N) is 5. The number of nitrogens with two attached hydrogens (primary N) is 1. The second-order valence-corrected chi connectivity index (χ2v) is 4.66. The minimum absolute atomic E-state index is 0.201. The summed E-state index contributed by atoms with van der Waals surface area (Å²) in [7, 11) is 5.76. The second kappa shape index (κ2) is 5.34. The molecule has 18 heavy (non-hydrogen) atoms. The van der Waals surface area contributed by atoms with Crippen LogP contribution in [0.25, 0.3) is 0 Å². The van der Waals surface area contributed by atoms with E-state index in [0.717, 1.165) is 25.9 Å². The highest BCUT2D eigenvalue weighted by Gasteiger charge is 2.23. The maximum Gasteiger partial charge on any atom is 0.322 e. The number of nitrogen functional groups attached to an aromatic ring is 1. The van der Waals surface area contributed by atoms with Gasteiger partial charge in [-0.15, -0.1) is 0 Å². The summed E-state index contributed by atoms with van der Waals surface area (Å²) < 4.78 is 5.01. The van der Waals surface area contributed by atoms with E-state index in [1.807, 2.05) is 0 Å². The topological polar surface area (TPSA) is 80.4 Å². The number of methoxy groups -OCH3 is 1. The number of aromatic nitrogens is 3. The van der Waals surface area contributed by atoms with E-state index in [1.165, 1.54) is 7.11 Å². The van der Waals surface area contributed by atoms with Crippen LogP contribution in [-0.4, -0.2) is 60.2 Å². The minimum Gasteiger partial charge on any atom is -0.467 e. The van der Waals surface area contributed by atoms with Crippen LogP contribution in [0.5, 0.6) is 6.01 Å². The molecular weight excluding hydrogens is 232 g/mol. The molecule has 2 rings (SSSR count). The summed E-state index contributed by atoms with van der Waals surface area (Å²) in [5, 5.41) is 0. The van der Waals surface area contributed by atoms with E-state index in [9.17, 15) is 0 Å². The van der Waals surface area contributed by atoms with Crippen molar-refractivity contribution in [3.8, 4) is 6.01 Å². The fourth-order valence-electron chi connectivity index (χ4n) is 2.18.